The first-order valence-electron chi connectivity index (χ1n) is 4.73. The van der Waals surface area contributed by atoms with Crippen LogP contribution in [0, 0.1) is 0 Å². The van der Waals surface area contributed by atoms with Crippen molar-refractivity contribution in [3.05, 3.63) is 35.9 Å². The van der Waals surface area contributed by atoms with E-state index in [1.807, 2.05) is 30.3 Å². The Morgan fingerprint density at radius 3 is 2.67 bits per heavy atom. The Morgan fingerprint density at radius 2 is 2.13 bits per heavy atom. The summed E-state index contributed by atoms with van der Waals surface area (Å²) in [6.07, 6.45) is 0. The van der Waals surface area contributed by atoms with Gasteiger partial charge in [0.15, 0.2) is 0 Å². The normalized spacial score (nSPS) is 12.3. The molecule has 1 unspecified atom stereocenters. The van der Waals surface area contributed by atoms with Gasteiger partial charge < -0.3 is 9.84 Å². The Balaban J connectivity index is 2.43. The molecule has 4 heteroatoms. The van der Waals surface area contributed by atoms with Crippen molar-refractivity contribution >= 4 is 5.97 Å². The van der Waals surface area contributed by atoms with Crippen LogP contribution >= 0.6 is 0 Å². The highest BCUT2D eigenvalue weighted by Crippen LogP contribution is 1.98. The monoisotopic (exact) mass is 209 g/mol. The van der Waals surface area contributed by atoms with E-state index in [1.54, 1.807) is 0 Å². The molecule has 4 nitrogen and oxygen atoms in total. The SMILES string of the molecule is COCC(NCc1ccccc1)C(=O)O. The van der Waals surface area contributed by atoms with Crippen LogP contribution in [-0.2, 0) is 16.1 Å². The van der Waals surface area contributed by atoms with Gasteiger partial charge in [0.25, 0.3) is 0 Å². The second-order valence-electron chi connectivity index (χ2n) is 3.21. The number of hydrogen-bond acceptors (Lipinski definition) is 3. The zero-order valence-electron chi connectivity index (χ0n) is 8.64. The lowest BCUT2D eigenvalue weighted by Gasteiger charge is -2.13. The molecule has 1 aromatic rings. The summed E-state index contributed by atoms with van der Waals surface area (Å²) in [4.78, 5) is 10.8. The highest BCUT2D eigenvalue weighted by atomic mass is 16.5. The molecule has 0 amide bonds. The van der Waals surface area contributed by atoms with Gasteiger partial charge in [-0.2, -0.15) is 0 Å². The molecule has 0 radical (unpaired) electrons. The number of ether oxygens (including phenoxy) is 1. The highest BCUT2D eigenvalue weighted by Gasteiger charge is 2.15. The number of rotatable bonds is 6. The van der Waals surface area contributed by atoms with Crippen LogP contribution in [0.2, 0.25) is 0 Å². The summed E-state index contributed by atoms with van der Waals surface area (Å²) in [5, 5.41) is 11.8. The summed E-state index contributed by atoms with van der Waals surface area (Å²) in [5.41, 5.74) is 1.06. The van der Waals surface area contributed by atoms with Gasteiger partial charge in [0.2, 0.25) is 0 Å². The Labute approximate surface area is 88.9 Å². The molecule has 0 heterocycles. The van der Waals surface area contributed by atoms with Crippen molar-refractivity contribution in [1.82, 2.24) is 5.32 Å². The quantitative estimate of drug-likeness (QED) is 0.730. The zero-order valence-corrected chi connectivity index (χ0v) is 8.64. The smallest absolute Gasteiger partial charge is 0.323 e. The molecular formula is C11H15NO3. The second kappa shape index (κ2) is 6.16. The summed E-state index contributed by atoms with van der Waals surface area (Å²) in [5.74, 6) is -0.896. The van der Waals surface area contributed by atoms with Gasteiger partial charge >= 0.3 is 5.97 Å². The number of carbonyl (C=O) groups is 1. The van der Waals surface area contributed by atoms with Gasteiger partial charge in [-0.25, -0.2) is 0 Å². The minimum atomic E-state index is -0.896. The molecule has 82 valence electrons. The minimum absolute atomic E-state index is 0.169. The number of nitrogens with one attached hydrogen (secondary N) is 1. The summed E-state index contributed by atoms with van der Waals surface area (Å²) in [7, 11) is 1.49. The average molecular weight is 209 g/mol. The molecule has 0 aliphatic carbocycles. The van der Waals surface area contributed by atoms with Crippen molar-refractivity contribution in [3.63, 3.8) is 0 Å². The maximum absolute atomic E-state index is 10.8. The predicted octanol–water partition coefficient (Wildman–Crippen LogP) is 0.876. The van der Waals surface area contributed by atoms with Crippen LogP contribution in [0.3, 0.4) is 0 Å². The Hall–Kier alpha value is -1.39. The van der Waals surface area contributed by atoms with Gasteiger partial charge in [-0.1, -0.05) is 30.3 Å². The standard InChI is InChI=1S/C11H15NO3/c1-15-8-10(11(13)14)12-7-9-5-3-2-4-6-9/h2-6,10,12H,7-8H2,1H3,(H,13,14). The van der Waals surface area contributed by atoms with Crippen LogP contribution in [0.25, 0.3) is 0 Å². The molecular weight excluding hydrogens is 194 g/mol. The number of carboxylic acid groups (broad SMARTS) is 1. The van der Waals surface area contributed by atoms with Crippen molar-refractivity contribution in [2.45, 2.75) is 12.6 Å². The first-order valence-corrected chi connectivity index (χ1v) is 4.73. The lowest BCUT2D eigenvalue weighted by molar-refractivity contribution is -0.140. The Bertz CT molecular complexity index is 300. The van der Waals surface area contributed by atoms with Crippen molar-refractivity contribution in [2.24, 2.45) is 0 Å². The first-order chi connectivity index (χ1) is 7.24. The predicted molar refractivity (Wildman–Crippen MR) is 56.6 cm³/mol. The largest absolute Gasteiger partial charge is 0.480 e. The minimum Gasteiger partial charge on any atom is -0.480 e. The van der Waals surface area contributed by atoms with Crippen molar-refractivity contribution in [2.75, 3.05) is 13.7 Å². The molecule has 0 bridgehead atoms. The molecule has 0 fully saturated rings. The average Bonchev–Trinajstić information content (AvgIpc) is 2.25. The molecule has 0 saturated carbocycles. The maximum atomic E-state index is 10.8. The topological polar surface area (TPSA) is 58.6 Å². The summed E-state index contributed by atoms with van der Waals surface area (Å²) >= 11 is 0. The third-order valence-corrected chi connectivity index (χ3v) is 2.03. The fraction of sp³-hybridized carbons (Fsp3) is 0.364. The fourth-order valence-electron chi connectivity index (χ4n) is 1.22. The van der Waals surface area contributed by atoms with E-state index in [0.717, 1.165) is 5.56 Å². The van der Waals surface area contributed by atoms with Crippen LogP contribution in [-0.4, -0.2) is 30.8 Å². The highest BCUT2D eigenvalue weighted by molar-refractivity contribution is 5.73. The first kappa shape index (κ1) is 11.7. The van der Waals surface area contributed by atoms with E-state index in [-0.39, 0.29) is 6.61 Å². The van der Waals surface area contributed by atoms with Crippen molar-refractivity contribution in [1.29, 1.82) is 0 Å². The molecule has 0 aromatic heterocycles. The molecule has 15 heavy (non-hydrogen) atoms. The number of carboxylic acids is 1. The Kier molecular flexibility index (Phi) is 4.80. The van der Waals surface area contributed by atoms with Crippen LogP contribution < -0.4 is 5.32 Å². The third-order valence-electron chi connectivity index (χ3n) is 2.03. The molecule has 0 aliphatic heterocycles. The second-order valence-corrected chi connectivity index (χ2v) is 3.21. The molecule has 0 saturated heterocycles. The third kappa shape index (κ3) is 4.10. The van der Waals surface area contributed by atoms with Gasteiger partial charge in [0.05, 0.1) is 6.61 Å². The van der Waals surface area contributed by atoms with Gasteiger partial charge in [0.1, 0.15) is 6.04 Å². The molecule has 1 aromatic carbocycles. The van der Waals surface area contributed by atoms with E-state index in [9.17, 15) is 4.79 Å². The van der Waals surface area contributed by atoms with Crippen LogP contribution in [0.5, 0.6) is 0 Å². The van der Waals surface area contributed by atoms with E-state index in [2.05, 4.69) is 5.32 Å². The van der Waals surface area contributed by atoms with Crippen LogP contribution in [0.1, 0.15) is 5.56 Å². The number of benzene rings is 1. The van der Waals surface area contributed by atoms with Gasteiger partial charge in [-0.15, -0.1) is 0 Å². The lowest BCUT2D eigenvalue weighted by atomic mass is 10.2. The van der Waals surface area contributed by atoms with Crippen LogP contribution in [0.4, 0.5) is 0 Å². The van der Waals surface area contributed by atoms with Gasteiger partial charge in [-0.3, -0.25) is 10.1 Å². The van der Waals surface area contributed by atoms with E-state index < -0.39 is 12.0 Å². The number of methoxy groups -OCH3 is 1. The lowest BCUT2D eigenvalue weighted by Crippen LogP contribution is -2.39. The molecule has 0 spiro atoms. The van der Waals surface area contributed by atoms with Gasteiger partial charge in [0, 0.05) is 13.7 Å². The maximum Gasteiger partial charge on any atom is 0.323 e. The summed E-state index contributed by atoms with van der Waals surface area (Å²) < 4.78 is 4.81. The van der Waals surface area contributed by atoms with Gasteiger partial charge in [-0.05, 0) is 5.56 Å². The summed E-state index contributed by atoms with van der Waals surface area (Å²) in [6, 6.07) is 8.99. The molecule has 0 aliphatic rings. The zero-order chi connectivity index (χ0) is 11.1. The van der Waals surface area contributed by atoms with E-state index in [4.69, 9.17) is 9.84 Å². The van der Waals surface area contributed by atoms with E-state index >= 15 is 0 Å². The fourth-order valence-corrected chi connectivity index (χ4v) is 1.22. The molecule has 2 N–H and O–H groups in total. The number of hydrogen-bond donors (Lipinski definition) is 2. The Morgan fingerprint density at radius 1 is 1.47 bits per heavy atom. The van der Waals surface area contributed by atoms with Crippen molar-refractivity contribution < 1.29 is 14.6 Å². The summed E-state index contributed by atoms with van der Waals surface area (Å²) in [6.45, 7) is 0.698. The number of aliphatic carboxylic acids is 1. The van der Waals surface area contributed by atoms with E-state index in [1.165, 1.54) is 7.11 Å². The van der Waals surface area contributed by atoms with Crippen LogP contribution in [0.15, 0.2) is 30.3 Å². The molecule has 1 rings (SSSR count). The molecule has 1 atom stereocenters. The van der Waals surface area contributed by atoms with E-state index in [0.29, 0.717) is 6.54 Å². The van der Waals surface area contributed by atoms with Crippen molar-refractivity contribution in [3.8, 4) is 0 Å².